The number of alkyl halides is 3. The molecule has 0 fully saturated rings. The Hall–Kier alpha value is -4.72. The quantitative estimate of drug-likeness (QED) is 0.308. The third-order valence-corrected chi connectivity index (χ3v) is 5.62. The van der Waals surface area contributed by atoms with Crippen LogP contribution in [0.2, 0.25) is 5.02 Å². The fourth-order valence-electron chi connectivity index (χ4n) is 3.65. The van der Waals surface area contributed by atoms with Gasteiger partial charge in [0.2, 0.25) is 0 Å². The van der Waals surface area contributed by atoms with Crippen molar-refractivity contribution in [2.24, 2.45) is 0 Å². The molecule has 0 aliphatic carbocycles. The molecule has 0 aliphatic rings. The molecule has 4 aromatic heterocycles. The first-order valence-corrected chi connectivity index (χ1v) is 11.1. The van der Waals surface area contributed by atoms with Gasteiger partial charge in [-0.25, -0.2) is 18.8 Å². The van der Waals surface area contributed by atoms with Crippen LogP contribution in [0.25, 0.3) is 22.4 Å². The molecule has 1 aromatic carbocycles. The fourth-order valence-corrected chi connectivity index (χ4v) is 3.89. The van der Waals surface area contributed by atoms with Crippen LogP contribution in [0.3, 0.4) is 0 Å². The smallest absolute Gasteiger partial charge is 0.475 e. The van der Waals surface area contributed by atoms with Crippen molar-refractivity contribution >= 4 is 40.5 Å². The van der Waals surface area contributed by atoms with Crippen molar-refractivity contribution in [3.63, 3.8) is 0 Å². The van der Waals surface area contributed by atoms with E-state index in [2.05, 4.69) is 25.7 Å². The molecule has 1 unspecified atom stereocenters. The maximum atomic E-state index is 13.1. The minimum Gasteiger partial charge on any atom is -0.475 e. The molecule has 0 saturated heterocycles. The lowest BCUT2D eigenvalue weighted by atomic mass is 10.00. The Morgan fingerprint density at radius 1 is 1.18 bits per heavy atom. The molecular weight excluding hydrogens is 529 g/mol. The van der Waals surface area contributed by atoms with Crippen LogP contribution in [0.4, 0.5) is 19.0 Å². The summed E-state index contributed by atoms with van der Waals surface area (Å²) in [4.78, 5) is 26.2. The van der Waals surface area contributed by atoms with Gasteiger partial charge in [0, 0.05) is 23.5 Å². The zero-order valence-corrected chi connectivity index (χ0v) is 20.1. The number of nitrogens with two attached hydrogens (primary N) is 1. The molecule has 11 nitrogen and oxygen atoms in total. The number of aromatic nitrogens is 6. The number of rotatable bonds is 4. The number of hydrogen-bond donors (Lipinski definition) is 3. The topological polar surface area (TPSA) is 153 Å². The number of carbonyl (C=O) groups is 2. The van der Waals surface area contributed by atoms with Gasteiger partial charge in [-0.05, 0) is 19.1 Å². The zero-order valence-electron chi connectivity index (χ0n) is 19.4. The van der Waals surface area contributed by atoms with Gasteiger partial charge in [-0.3, -0.25) is 4.79 Å². The first-order valence-electron chi connectivity index (χ1n) is 10.8. The molecule has 5 aromatic rings. The number of hydrogen-bond acceptors (Lipinski definition) is 7. The van der Waals surface area contributed by atoms with Crippen molar-refractivity contribution in [2.45, 2.75) is 19.1 Å². The summed E-state index contributed by atoms with van der Waals surface area (Å²) in [5, 5.41) is 23.0. The second-order valence-corrected chi connectivity index (χ2v) is 8.25. The molecular formula is C23H18ClF3N8O3. The number of carboxylic acid groups (broad SMARTS) is 1. The van der Waals surface area contributed by atoms with Crippen LogP contribution in [0.15, 0.2) is 61.1 Å². The van der Waals surface area contributed by atoms with Crippen LogP contribution in [0, 0.1) is 0 Å². The van der Waals surface area contributed by atoms with E-state index in [0.717, 1.165) is 16.8 Å². The standard InChI is InChI=1S/C21H17ClN8O.C2HF3O2/c1-12(26-21(31)17-19(23)27-29-9-5-8-24-20(17)29)14-10-15(22)16-11-25-28-30(16)18(14)13-6-3-2-4-7-13;3-2(4,5)1(6)7/h2-12H,1H3,(H2,23,27)(H,26,31);(H,6,7). The molecule has 15 heteroatoms. The molecule has 4 N–H and O–H groups in total. The van der Waals surface area contributed by atoms with E-state index in [1.54, 1.807) is 29.2 Å². The van der Waals surface area contributed by atoms with Crippen molar-refractivity contribution in [3.8, 4) is 11.3 Å². The summed E-state index contributed by atoms with van der Waals surface area (Å²) in [5.74, 6) is -3.03. The van der Waals surface area contributed by atoms with Crippen molar-refractivity contribution in [1.82, 2.24) is 34.7 Å². The normalized spacial score (nSPS) is 12.1. The second-order valence-electron chi connectivity index (χ2n) is 7.84. The summed E-state index contributed by atoms with van der Waals surface area (Å²) in [6, 6.07) is 12.9. The molecule has 5 rings (SSSR count). The first kappa shape index (κ1) is 26.3. The van der Waals surface area contributed by atoms with E-state index in [1.807, 2.05) is 43.3 Å². The molecule has 196 valence electrons. The minimum absolute atomic E-state index is 0.108. The Kier molecular flexibility index (Phi) is 7.17. The highest BCUT2D eigenvalue weighted by Gasteiger charge is 2.38. The summed E-state index contributed by atoms with van der Waals surface area (Å²) in [6.07, 6.45) is -0.208. The van der Waals surface area contributed by atoms with E-state index in [9.17, 15) is 18.0 Å². The number of benzene rings is 1. The Balaban J connectivity index is 0.000000426. The maximum absolute atomic E-state index is 13.1. The van der Waals surface area contributed by atoms with Crippen LogP contribution < -0.4 is 11.1 Å². The van der Waals surface area contributed by atoms with Crippen LogP contribution in [-0.2, 0) is 4.79 Å². The number of halogens is 4. The van der Waals surface area contributed by atoms with Crippen LogP contribution in [0.1, 0.15) is 28.9 Å². The van der Waals surface area contributed by atoms with E-state index in [0.29, 0.717) is 16.2 Å². The number of fused-ring (bicyclic) bond motifs is 2. The van der Waals surface area contributed by atoms with E-state index in [1.165, 1.54) is 4.52 Å². The predicted octanol–water partition coefficient (Wildman–Crippen LogP) is 3.80. The number of carboxylic acids is 1. The fraction of sp³-hybridized carbons (Fsp3) is 0.130. The molecule has 1 atom stereocenters. The summed E-state index contributed by atoms with van der Waals surface area (Å²) in [7, 11) is 0. The number of nitrogens with zero attached hydrogens (tertiary/aromatic N) is 6. The number of nitrogen functional groups attached to an aromatic ring is 1. The number of aliphatic carboxylic acids is 1. The minimum atomic E-state index is -5.08. The highest BCUT2D eigenvalue weighted by molar-refractivity contribution is 6.34. The van der Waals surface area contributed by atoms with Gasteiger partial charge in [0.05, 0.1) is 23.0 Å². The summed E-state index contributed by atoms with van der Waals surface area (Å²) >= 11 is 6.49. The number of amides is 1. The Morgan fingerprint density at radius 3 is 2.53 bits per heavy atom. The summed E-state index contributed by atoms with van der Waals surface area (Å²) in [6.45, 7) is 1.87. The molecule has 0 saturated carbocycles. The van der Waals surface area contributed by atoms with Gasteiger partial charge in [0.1, 0.15) is 11.1 Å². The maximum Gasteiger partial charge on any atom is 0.490 e. The van der Waals surface area contributed by atoms with Crippen LogP contribution in [-0.4, -0.2) is 52.6 Å². The van der Waals surface area contributed by atoms with E-state index in [-0.39, 0.29) is 17.3 Å². The van der Waals surface area contributed by atoms with Gasteiger partial charge in [-0.15, -0.1) is 10.2 Å². The molecule has 0 spiro atoms. The molecule has 4 heterocycles. The molecule has 0 aliphatic heterocycles. The molecule has 0 radical (unpaired) electrons. The third-order valence-electron chi connectivity index (χ3n) is 5.31. The van der Waals surface area contributed by atoms with E-state index in [4.69, 9.17) is 27.2 Å². The average molecular weight is 547 g/mol. The number of nitrogens with one attached hydrogen (secondary N) is 1. The number of carbonyl (C=O) groups excluding carboxylic acids is 1. The first-order chi connectivity index (χ1) is 18.0. The van der Waals surface area contributed by atoms with Gasteiger partial charge in [0.25, 0.3) is 5.91 Å². The largest absolute Gasteiger partial charge is 0.490 e. The summed E-state index contributed by atoms with van der Waals surface area (Å²) in [5.41, 5.74) is 9.78. The second kappa shape index (κ2) is 10.3. The third kappa shape index (κ3) is 5.20. The van der Waals surface area contributed by atoms with E-state index >= 15 is 0 Å². The van der Waals surface area contributed by atoms with Crippen LogP contribution in [0.5, 0.6) is 0 Å². The van der Waals surface area contributed by atoms with Crippen molar-refractivity contribution < 1.29 is 27.9 Å². The predicted molar refractivity (Wildman–Crippen MR) is 130 cm³/mol. The average Bonchev–Trinajstić information content (AvgIpc) is 3.48. The van der Waals surface area contributed by atoms with Crippen molar-refractivity contribution in [3.05, 3.63) is 77.2 Å². The summed E-state index contributed by atoms with van der Waals surface area (Å²) < 4.78 is 34.9. The highest BCUT2D eigenvalue weighted by atomic mass is 35.5. The monoisotopic (exact) mass is 546 g/mol. The number of pyridine rings is 1. The van der Waals surface area contributed by atoms with Gasteiger partial charge in [0.15, 0.2) is 11.5 Å². The highest BCUT2D eigenvalue weighted by Crippen LogP contribution is 2.33. The van der Waals surface area contributed by atoms with Gasteiger partial charge in [-0.1, -0.05) is 47.1 Å². The zero-order chi connectivity index (χ0) is 27.6. The Bertz CT molecular complexity index is 1640. The lowest BCUT2D eigenvalue weighted by Gasteiger charge is -2.19. The van der Waals surface area contributed by atoms with Gasteiger partial charge in [-0.2, -0.15) is 13.2 Å². The van der Waals surface area contributed by atoms with E-state index < -0.39 is 18.2 Å². The molecule has 38 heavy (non-hydrogen) atoms. The van der Waals surface area contributed by atoms with Crippen molar-refractivity contribution in [2.75, 3.05) is 5.73 Å². The lowest BCUT2D eigenvalue weighted by molar-refractivity contribution is -0.192. The number of anilines is 1. The van der Waals surface area contributed by atoms with Crippen LogP contribution >= 0.6 is 11.6 Å². The SMILES string of the molecule is CC(NC(=O)c1c(N)nn2cccnc12)c1cc(Cl)c2cnnn2c1-c1ccccc1.O=C(O)C(F)(F)F. The lowest BCUT2D eigenvalue weighted by Crippen LogP contribution is -2.28. The van der Waals surface area contributed by atoms with Gasteiger partial charge < -0.3 is 16.2 Å². The Morgan fingerprint density at radius 2 is 1.87 bits per heavy atom. The van der Waals surface area contributed by atoms with Gasteiger partial charge >= 0.3 is 12.1 Å². The Labute approximate surface area is 216 Å². The van der Waals surface area contributed by atoms with Crippen molar-refractivity contribution in [1.29, 1.82) is 0 Å². The molecule has 0 bridgehead atoms. The molecule has 1 amide bonds.